The predicted octanol–water partition coefficient (Wildman–Crippen LogP) is 4.13. The van der Waals surface area contributed by atoms with Crippen molar-refractivity contribution in [2.75, 3.05) is 13.1 Å². The maximum Gasteiger partial charge on any atom is 0.230 e. The minimum absolute atomic E-state index is 0.110. The van der Waals surface area contributed by atoms with E-state index in [0.29, 0.717) is 10.9 Å². The first-order chi connectivity index (χ1) is 13.8. The molecule has 5 rings (SSSR count). The van der Waals surface area contributed by atoms with Crippen LogP contribution >= 0.6 is 11.3 Å². The van der Waals surface area contributed by atoms with Gasteiger partial charge in [0.15, 0.2) is 0 Å². The molecule has 1 saturated heterocycles. The summed E-state index contributed by atoms with van der Waals surface area (Å²) in [6, 6.07) is 14.5. The summed E-state index contributed by atoms with van der Waals surface area (Å²) in [4.78, 5) is 8.17. The summed E-state index contributed by atoms with van der Waals surface area (Å²) >= 11 is 1.47. The van der Waals surface area contributed by atoms with Crippen LogP contribution in [0.5, 0.6) is 5.88 Å². The average Bonchev–Trinajstić information content (AvgIpc) is 3.46. The summed E-state index contributed by atoms with van der Waals surface area (Å²) < 4.78 is 7.26. The first kappa shape index (κ1) is 17.5. The minimum atomic E-state index is -0.110. The van der Waals surface area contributed by atoms with E-state index in [-0.39, 0.29) is 11.9 Å². The number of fused-ring (bicyclic) bond motifs is 1. The van der Waals surface area contributed by atoms with E-state index in [1.165, 1.54) is 27.7 Å². The summed E-state index contributed by atoms with van der Waals surface area (Å²) in [6.45, 7) is 1.94. The summed E-state index contributed by atoms with van der Waals surface area (Å²) in [5, 5.41) is 14.9. The molecule has 4 aromatic rings. The van der Waals surface area contributed by atoms with E-state index in [2.05, 4.69) is 45.3 Å². The van der Waals surface area contributed by atoms with E-state index in [1.807, 2.05) is 12.1 Å². The van der Waals surface area contributed by atoms with Crippen LogP contribution in [-0.2, 0) is 6.42 Å². The second-order valence-electron chi connectivity index (χ2n) is 7.33. The third-order valence-corrected chi connectivity index (χ3v) is 6.67. The monoisotopic (exact) mass is 394 g/mol. The number of aromatic nitrogens is 3. The molecule has 6 nitrogen and oxygen atoms in total. The highest BCUT2D eigenvalue weighted by molar-refractivity contribution is 7.17. The number of hydrogen-bond donors (Lipinski definition) is 1. The second-order valence-corrected chi connectivity index (χ2v) is 8.34. The van der Waals surface area contributed by atoms with Crippen LogP contribution in [0.1, 0.15) is 35.1 Å². The molecule has 1 unspecified atom stereocenters. The van der Waals surface area contributed by atoms with Gasteiger partial charge in [0.2, 0.25) is 10.8 Å². The molecule has 4 heterocycles. The van der Waals surface area contributed by atoms with Crippen molar-refractivity contribution in [2.24, 2.45) is 5.92 Å². The fourth-order valence-electron chi connectivity index (χ4n) is 4.16. The van der Waals surface area contributed by atoms with Gasteiger partial charge in [-0.2, -0.15) is 9.61 Å². The largest absolute Gasteiger partial charge is 0.492 e. The smallest absolute Gasteiger partial charge is 0.230 e. The zero-order chi connectivity index (χ0) is 18.9. The van der Waals surface area contributed by atoms with E-state index in [9.17, 15) is 5.11 Å². The molecule has 7 heteroatoms. The molecule has 28 heavy (non-hydrogen) atoms. The predicted molar refractivity (Wildman–Crippen MR) is 108 cm³/mol. The lowest BCUT2D eigenvalue weighted by molar-refractivity contribution is 0.138. The molecule has 1 aromatic carbocycles. The number of benzene rings is 1. The van der Waals surface area contributed by atoms with Crippen molar-refractivity contribution in [3.8, 4) is 5.88 Å². The fraction of sp³-hybridized carbons (Fsp3) is 0.333. The zero-order valence-corrected chi connectivity index (χ0v) is 16.3. The molecule has 1 aliphatic heterocycles. The van der Waals surface area contributed by atoms with Gasteiger partial charge in [0.1, 0.15) is 18.1 Å². The van der Waals surface area contributed by atoms with Crippen LogP contribution in [0.15, 0.2) is 59.5 Å². The van der Waals surface area contributed by atoms with Crippen LogP contribution in [0.2, 0.25) is 0 Å². The average molecular weight is 395 g/mol. The normalized spacial score (nSPS) is 17.3. The van der Waals surface area contributed by atoms with Crippen molar-refractivity contribution < 1.29 is 9.52 Å². The fourth-order valence-corrected chi connectivity index (χ4v) is 5.23. The van der Waals surface area contributed by atoms with Crippen LogP contribution in [0.4, 0.5) is 0 Å². The van der Waals surface area contributed by atoms with E-state index in [4.69, 9.17) is 4.42 Å². The Balaban J connectivity index is 1.37. The molecule has 1 aliphatic rings. The first-order valence-electron chi connectivity index (χ1n) is 9.62. The van der Waals surface area contributed by atoms with Gasteiger partial charge in [-0.1, -0.05) is 41.7 Å². The highest BCUT2D eigenvalue weighted by Gasteiger charge is 2.33. The number of aromatic hydroxyl groups is 1. The lowest BCUT2D eigenvalue weighted by Crippen LogP contribution is -2.37. The van der Waals surface area contributed by atoms with Crippen LogP contribution < -0.4 is 0 Å². The standard InChI is InChI=1S/C21H22N4O2S/c26-20-19(28-21-22-14-23-25(20)21)18(17-7-4-12-27-17)24-10-8-16(9-11-24)13-15-5-2-1-3-6-15/h1-7,12,14,16,18,26H,8-11,13H2. The van der Waals surface area contributed by atoms with Crippen molar-refractivity contribution in [1.29, 1.82) is 0 Å². The van der Waals surface area contributed by atoms with Crippen LogP contribution in [0, 0.1) is 5.92 Å². The number of furan rings is 1. The molecule has 1 fully saturated rings. The van der Waals surface area contributed by atoms with Crippen molar-refractivity contribution in [2.45, 2.75) is 25.3 Å². The van der Waals surface area contributed by atoms with Crippen molar-refractivity contribution in [1.82, 2.24) is 19.5 Å². The molecule has 0 aliphatic carbocycles. The lowest BCUT2D eigenvalue weighted by atomic mass is 9.89. The highest BCUT2D eigenvalue weighted by Crippen LogP contribution is 2.41. The summed E-state index contributed by atoms with van der Waals surface area (Å²) in [5.74, 6) is 1.69. The number of thiazole rings is 1. The Kier molecular flexibility index (Phi) is 4.62. The topological polar surface area (TPSA) is 66.8 Å². The molecule has 0 radical (unpaired) electrons. The second kappa shape index (κ2) is 7.41. The van der Waals surface area contributed by atoms with Gasteiger partial charge in [0.05, 0.1) is 11.1 Å². The molecule has 0 bridgehead atoms. The summed E-state index contributed by atoms with van der Waals surface area (Å²) in [6.07, 6.45) is 6.55. The molecule has 144 valence electrons. The molecular formula is C21H22N4O2S. The number of hydrogen-bond acceptors (Lipinski definition) is 6. The van der Waals surface area contributed by atoms with Gasteiger partial charge in [-0.05, 0) is 56.0 Å². The Morgan fingerprint density at radius 2 is 1.96 bits per heavy atom. The molecule has 0 saturated carbocycles. The van der Waals surface area contributed by atoms with Crippen molar-refractivity contribution >= 4 is 16.3 Å². The van der Waals surface area contributed by atoms with Crippen LogP contribution in [0.3, 0.4) is 0 Å². The van der Waals surface area contributed by atoms with Gasteiger partial charge < -0.3 is 9.52 Å². The SMILES string of the molecule is Oc1c(C(c2ccco2)N2CCC(Cc3ccccc3)CC2)sc2ncnn12. The van der Waals surface area contributed by atoms with Crippen molar-refractivity contribution in [3.05, 3.63) is 71.3 Å². The van der Waals surface area contributed by atoms with E-state index in [0.717, 1.165) is 43.0 Å². The van der Waals surface area contributed by atoms with Crippen LogP contribution in [-0.4, -0.2) is 37.7 Å². The van der Waals surface area contributed by atoms with E-state index in [1.54, 1.807) is 6.26 Å². The molecule has 1 atom stereocenters. The lowest BCUT2D eigenvalue weighted by Gasteiger charge is -2.36. The Hall–Kier alpha value is -2.64. The Labute approximate surface area is 167 Å². The third kappa shape index (κ3) is 3.21. The van der Waals surface area contributed by atoms with Gasteiger partial charge in [0, 0.05) is 0 Å². The third-order valence-electron chi connectivity index (χ3n) is 5.58. The molecule has 3 aromatic heterocycles. The summed E-state index contributed by atoms with van der Waals surface area (Å²) in [7, 11) is 0. The van der Waals surface area contributed by atoms with Gasteiger partial charge >= 0.3 is 0 Å². The molecule has 0 spiro atoms. The minimum Gasteiger partial charge on any atom is -0.492 e. The number of likely N-dealkylation sites (tertiary alicyclic amines) is 1. The van der Waals surface area contributed by atoms with E-state index < -0.39 is 0 Å². The highest BCUT2D eigenvalue weighted by atomic mass is 32.1. The van der Waals surface area contributed by atoms with Gasteiger partial charge in [-0.3, -0.25) is 4.90 Å². The summed E-state index contributed by atoms with van der Waals surface area (Å²) in [5.41, 5.74) is 1.41. The Bertz CT molecular complexity index is 1030. The quantitative estimate of drug-likeness (QED) is 0.551. The Morgan fingerprint density at radius 1 is 1.14 bits per heavy atom. The first-order valence-corrected chi connectivity index (χ1v) is 10.4. The molecule has 0 amide bonds. The van der Waals surface area contributed by atoms with E-state index >= 15 is 0 Å². The van der Waals surface area contributed by atoms with Gasteiger partial charge in [0.25, 0.3) is 0 Å². The number of piperidine rings is 1. The number of nitrogens with zero attached hydrogens (tertiary/aromatic N) is 4. The van der Waals surface area contributed by atoms with Gasteiger partial charge in [-0.25, -0.2) is 4.98 Å². The Morgan fingerprint density at radius 3 is 2.68 bits per heavy atom. The number of rotatable bonds is 5. The molecular weight excluding hydrogens is 372 g/mol. The van der Waals surface area contributed by atoms with Crippen LogP contribution in [0.25, 0.3) is 4.96 Å². The maximum absolute atomic E-state index is 10.7. The maximum atomic E-state index is 10.7. The molecule has 1 N–H and O–H groups in total. The van der Waals surface area contributed by atoms with Gasteiger partial charge in [-0.15, -0.1) is 0 Å². The zero-order valence-electron chi connectivity index (χ0n) is 15.4. The van der Waals surface area contributed by atoms with Crippen molar-refractivity contribution in [3.63, 3.8) is 0 Å².